The van der Waals surface area contributed by atoms with Gasteiger partial charge in [-0.05, 0) is 97.0 Å². The molecule has 2 fully saturated rings. The molecule has 0 unspecified atom stereocenters. The Kier molecular flexibility index (Phi) is 14.6. The topological polar surface area (TPSA) is 71.5 Å². The van der Waals surface area contributed by atoms with Crippen LogP contribution in [0.2, 0.25) is 5.02 Å². The summed E-state index contributed by atoms with van der Waals surface area (Å²) in [5.41, 5.74) is 6.18. The number of ether oxygens (including phenoxy) is 1. The molecule has 57 heavy (non-hydrogen) atoms. The van der Waals surface area contributed by atoms with Crippen LogP contribution < -0.4 is 15.0 Å². The maximum absolute atomic E-state index is 13.9. The highest BCUT2D eigenvalue weighted by molar-refractivity contribution is 7.99. The van der Waals surface area contributed by atoms with Crippen molar-refractivity contribution < 1.29 is 23.4 Å². The van der Waals surface area contributed by atoms with Gasteiger partial charge in [0.15, 0.2) is 0 Å². The smallest absolute Gasteiger partial charge is 0.224 e. The first-order chi connectivity index (χ1) is 27.8. The average Bonchev–Trinajstić information content (AvgIpc) is 3.23. The SMILES string of the molecule is O=C1CCc2ccc(OCCCCN3CCN(c4cccc(F)c4Cl)CC3)cc2N1.OCCN1CCN(CC/C=C2/c3ccccc3Sc3ccc(F)cc32)CC1. The maximum Gasteiger partial charge on any atom is 0.224 e. The van der Waals surface area contributed by atoms with E-state index in [1.54, 1.807) is 30.0 Å². The summed E-state index contributed by atoms with van der Waals surface area (Å²) in [4.78, 5) is 23.3. The molecular formula is C45H52ClF2N5O3S. The summed E-state index contributed by atoms with van der Waals surface area (Å²) in [6.45, 7) is 11.4. The van der Waals surface area contributed by atoms with Crippen molar-refractivity contribution in [3.8, 4) is 5.75 Å². The second kappa shape index (κ2) is 20.1. The third-order valence-electron chi connectivity index (χ3n) is 11.1. The molecule has 8 rings (SSSR count). The lowest BCUT2D eigenvalue weighted by atomic mass is 9.96. The Bertz CT molecular complexity index is 2020. The van der Waals surface area contributed by atoms with E-state index >= 15 is 0 Å². The molecule has 1 amide bonds. The molecule has 0 spiro atoms. The number of carbonyl (C=O) groups is 1. The number of β-amino-alcohol motifs (C(OH)–C–C–N with tert-alkyl or cyclic N) is 1. The molecule has 0 saturated carbocycles. The zero-order chi connectivity index (χ0) is 39.6. The van der Waals surface area contributed by atoms with Gasteiger partial charge in [-0.2, -0.15) is 0 Å². The summed E-state index contributed by atoms with van der Waals surface area (Å²) < 4.78 is 33.4. The van der Waals surface area contributed by atoms with Gasteiger partial charge in [0.2, 0.25) is 5.91 Å². The number of nitrogens with one attached hydrogen (secondary N) is 1. The third kappa shape index (κ3) is 11.0. The lowest BCUT2D eigenvalue weighted by Gasteiger charge is -2.36. The second-order valence-electron chi connectivity index (χ2n) is 14.9. The number of aliphatic hydroxyl groups excluding tert-OH is 1. The van der Waals surface area contributed by atoms with Gasteiger partial charge in [-0.1, -0.05) is 59.8 Å². The van der Waals surface area contributed by atoms with Crippen LogP contribution in [0.1, 0.15) is 42.4 Å². The minimum absolute atomic E-state index is 0.0689. The monoisotopic (exact) mass is 815 g/mol. The van der Waals surface area contributed by atoms with E-state index in [2.05, 4.69) is 55.3 Å². The van der Waals surface area contributed by atoms with Crippen molar-refractivity contribution in [3.63, 3.8) is 0 Å². The van der Waals surface area contributed by atoms with Crippen LogP contribution in [0.3, 0.4) is 0 Å². The van der Waals surface area contributed by atoms with Crippen molar-refractivity contribution >= 4 is 46.2 Å². The minimum atomic E-state index is -0.363. The van der Waals surface area contributed by atoms with E-state index in [1.165, 1.54) is 22.1 Å². The molecule has 0 aromatic heterocycles. The second-order valence-corrected chi connectivity index (χ2v) is 16.3. The van der Waals surface area contributed by atoms with Crippen LogP contribution in [0.25, 0.3) is 5.57 Å². The largest absolute Gasteiger partial charge is 0.494 e. The van der Waals surface area contributed by atoms with Crippen LogP contribution in [0, 0.1) is 11.6 Å². The fourth-order valence-electron chi connectivity index (χ4n) is 7.85. The van der Waals surface area contributed by atoms with Crippen LogP contribution in [-0.2, 0) is 11.2 Å². The van der Waals surface area contributed by atoms with Crippen LogP contribution in [0.4, 0.5) is 20.2 Å². The number of aliphatic hydroxyl groups is 1. The van der Waals surface area contributed by atoms with Crippen LogP contribution in [0.15, 0.2) is 94.7 Å². The highest BCUT2D eigenvalue weighted by Crippen LogP contribution is 2.45. The number of piperazine rings is 2. The van der Waals surface area contributed by atoms with E-state index in [1.807, 2.05) is 30.3 Å². The Balaban J connectivity index is 0.000000175. The van der Waals surface area contributed by atoms with Gasteiger partial charge in [0, 0.05) is 93.4 Å². The molecule has 4 aliphatic heterocycles. The van der Waals surface area contributed by atoms with Crippen molar-refractivity contribution in [2.75, 3.05) is 95.4 Å². The van der Waals surface area contributed by atoms with E-state index in [0.717, 1.165) is 131 Å². The minimum Gasteiger partial charge on any atom is -0.494 e. The molecule has 0 aliphatic carbocycles. The zero-order valence-corrected chi connectivity index (χ0v) is 34.0. The fraction of sp³-hybridized carbons (Fsp3) is 0.400. The van der Waals surface area contributed by atoms with Gasteiger partial charge < -0.3 is 25.0 Å². The number of hydrogen-bond donors (Lipinski definition) is 2. The van der Waals surface area contributed by atoms with Crippen molar-refractivity contribution in [2.24, 2.45) is 0 Å². The summed E-state index contributed by atoms with van der Waals surface area (Å²) in [6.07, 6.45) is 6.60. The first-order valence-electron chi connectivity index (χ1n) is 20.1. The standard InChI is InChI=1S/C23H27ClFN3O2.C22H25FN2OS/c24-23-19(25)4-3-5-21(23)28-13-11-27(12-14-28)10-1-2-15-30-18-8-6-17-7-9-22(29)26-20(17)16-18;23-17-7-8-22-20(16-17)18(19-4-1-2-6-21(19)27-22)5-3-9-24-10-12-25(13-11-24)14-15-26/h3-6,8,16H,1-2,7,9-15H2,(H,26,29);1-2,4-8,16,26H,3,9-15H2/b;18-5-. The normalized spacial score (nSPS) is 17.9. The number of nitrogens with zero attached hydrogens (tertiary/aromatic N) is 4. The van der Waals surface area contributed by atoms with Crippen molar-refractivity contribution in [3.05, 3.63) is 118 Å². The lowest BCUT2D eigenvalue weighted by molar-refractivity contribution is -0.116. The van der Waals surface area contributed by atoms with Crippen molar-refractivity contribution in [1.82, 2.24) is 14.7 Å². The molecule has 8 nitrogen and oxygen atoms in total. The summed E-state index contributed by atoms with van der Waals surface area (Å²) in [5.74, 6) is 0.327. The van der Waals surface area contributed by atoms with E-state index in [4.69, 9.17) is 21.4 Å². The number of unbranched alkanes of at least 4 members (excludes halogenated alkanes) is 1. The van der Waals surface area contributed by atoms with Gasteiger partial charge in [0.25, 0.3) is 0 Å². The molecule has 302 valence electrons. The van der Waals surface area contributed by atoms with Gasteiger partial charge in [0.05, 0.1) is 23.9 Å². The van der Waals surface area contributed by atoms with E-state index < -0.39 is 0 Å². The van der Waals surface area contributed by atoms with E-state index in [9.17, 15) is 13.6 Å². The maximum atomic E-state index is 13.9. The highest BCUT2D eigenvalue weighted by atomic mass is 35.5. The number of rotatable bonds is 12. The number of hydrogen-bond acceptors (Lipinski definition) is 8. The highest BCUT2D eigenvalue weighted by Gasteiger charge is 2.23. The first kappa shape index (κ1) is 41.2. The Morgan fingerprint density at radius 1 is 0.772 bits per heavy atom. The summed E-state index contributed by atoms with van der Waals surface area (Å²) in [6, 6.07) is 24.4. The molecule has 4 aromatic rings. The Labute approximate surface area is 344 Å². The third-order valence-corrected chi connectivity index (χ3v) is 12.6. The zero-order valence-electron chi connectivity index (χ0n) is 32.4. The average molecular weight is 816 g/mol. The van der Waals surface area contributed by atoms with E-state index in [-0.39, 0.29) is 29.2 Å². The Morgan fingerprint density at radius 2 is 1.51 bits per heavy atom. The molecule has 12 heteroatoms. The molecular weight excluding hydrogens is 764 g/mol. The van der Waals surface area contributed by atoms with Crippen molar-refractivity contribution in [1.29, 1.82) is 0 Å². The van der Waals surface area contributed by atoms with Gasteiger partial charge >= 0.3 is 0 Å². The molecule has 4 aliphatic rings. The van der Waals surface area contributed by atoms with Gasteiger partial charge in [0.1, 0.15) is 17.4 Å². The van der Waals surface area contributed by atoms with E-state index in [0.29, 0.717) is 13.0 Å². The van der Waals surface area contributed by atoms with Crippen molar-refractivity contribution in [2.45, 2.75) is 41.9 Å². The number of halogens is 3. The van der Waals surface area contributed by atoms with Crippen LogP contribution in [-0.4, -0.2) is 111 Å². The number of amides is 1. The summed E-state index contributed by atoms with van der Waals surface area (Å²) >= 11 is 7.83. The molecule has 4 heterocycles. The Hall–Kier alpha value is -3.97. The Morgan fingerprint density at radius 3 is 2.32 bits per heavy atom. The number of aryl methyl sites for hydroxylation is 1. The summed E-state index contributed by atoms with van der Waals surface area (Å²) in [7, 11) is 0. The predicted octanol–water partition coefficient (Wildman–Crippen LogP) is 8.07. The number of fused-ring (bicyclic) bond motifs is 3. The van der Waals surface area contributed by atoms with Crippen LogP contribution >= 0.6 is 23.4 Å². The molecule has 4 aromatic carbocycles. The van der Waals surface area contributed by atoms with Gasteiger partial charge in [-0.25, -0.2) is 8.78 Å². The molecule has 0 atom stereocenters. The fourth-order valence-corrected chi connectivity index (χ4v) is 9.18. The lowest BCUT2D eigenvalue weighted by Crippen LogP contribution is -2.47. The van der Waals surface area contributed by atoms with Gasteiger partial charge in [-0.15, -0.1) is 0 Å². The quantitative estimate of drug-likeness (QED) is 0.123. The molecule has 2 saturated heterocycles. The number of benzene rings is 4. The molecule has 0 radical (unpaired) electrons. The number of carbonyl (C=O) groups excluding carboxylic acids is 1. The molecule has 0 bridgehead atoms. The van der Waals surface area contributed by atoms with Crippen LogP contribution in [0.5, 0.6) is 5.75 Å². The molecule has 2 N–H and O–H groups in total. The first-order valence-corrected chi connectivity index (χ1v) is 21.3. The summed E-state index contributed by atoms with van der Waals surface area (Å²) in [5, 5.41) is 12.2. The predicted molar refractivity (Wildman–Crippen MR) is 227 cm³/mol. The number of anilines is 2. The van der Waals surface area contributed by atoms with Gasteiger partial charge in [-0.3, -0.25) is 14.6 Å².